The third kappa shape index (κ3) is 1.45. The lowest BCUT2D eigenvalue weighted by atomic mass is 10.4. The average Bonchev–Trinajstić information content (AvgIpc) is 2.13. The number of thiophene rings is 1. The second kappa shape index (κ2) is 2.69. The molecule has 0 spiro atoms. The molecule has 1 aromatic heterocycles. The predicted molar refractivity (Wildman–Crippen MR) is 42.0 cm³/mol. The lowest BCUT2D eigenvalue weighted by Crippen LogP contribution is -1.91. The van der Waals surface area contributed by atoms with Crippen LogP contribution in [0.4, 0.5) is 0 Å². The van der Waals surface area contributed by atoms with Crippen LogP contribution >= 0.6 is 22.9 Å². The van der Waals surface area contributed by atoms with Gasteiger partial charge in [0.2, 0.25) is 0 Å². The zero-order chi connectivity index (χ0) is 6.85. The second-order valence-electron chi connectivity index (χ2n) is 1.82. The third-order valence-electron chi connectivity index (χ3n) is 1.11. The summed E-state index contributed by atoms with van der Waals surface area (Å²) >= 11 is 7.42. The molecule has 9 heavy (non-hydrogen) atoms. The van der Waals surface area contributed by atoms with Crippen molar-refractivity contribution < 1.29 is 0 Å². The number of aryl methyl sites for hydroxylation is 1. The Kier molecular flexibility index (Phi) is 2.11. The summed E-state index contributed by atoms with van der Waals surface area (Å²) in [4.78, 5) is 2.30. The summed E-state index contributed by atoms with van der Waals surface area (Å²) in [5, 5.41) is 0.834. The smallest absolute Gasteiger partial charge is 0.0545 e. The predicted octanol–water partition coefficient (Wildman–Crippen LogP) is 2.17. The van der Waals surface area contributed by atoms with Gasteiger partial charge in [0.1, 0.15) is 0 Å². The van der Waals surface area contributed by atoms with Crippen LogP contribution < -0.4 is 5.73 Å². The monoisotopic (exact) mass is 161 g/mol. The first-order chi connectivity index (χ1) is 4.24. The minimum Gasteiger partial charge on any atom is -0.326 e. The van der Waals surface area contributed by atoms with E-state index in [0.717, 1.165) is 14.8 Å². The summed E-state index contributed by atoms with van der Waals surface area (Å²) in [5.41, 5.74) is 5.38. The fraction of sp³-hybridized carbons (Fsp3) is 0.333. The number of nitrogens with two attached hydrogens (primary N) is 1. The molecular weight excluding hydrogens is 154 g/mol. The number of halogens is 1. The molecule has 0 aliphatic rings. The van der Waals surface area contributed by atoms with E-state index < -0.39 is 0 Å². The molecule has 3 heteroatoms. The van der Waals surface area contributed by atoms with E-state index in [1.54, 1.807) is 11.3 Å². The van der Waals surface area contributed by atoms with Gasteiger partial charge in [-0.2, -0.15) is 0 Å². The van der Waals surface area contributed by atoms with Crippen LogP contribution in [0.1, 0.15) is 9.75 Å². The van der Waals surface area contributed by atoms with Gasteiger partial charge in [-0.15, -0.1) is 11.3 Å². The van der Waals surface area contributed by atoms with Gasteiger partial charge < -0.3 is 5.73 Å². The Bertz CT molecular complexity index is 187. The van der Waals surface area contributed by atoms with E-state index in [1.807, 2.05) is 13.0 Å². The Labute approximate surface area is 63.4 Å². The van der Waals surface area contributed by atoms with Gasteiger partial charge in [-0.05, 0) is 13.0 Å². The molecule has 0 amide bonds. The van der Waals surface area contributed by atoms with Crippen molar-refractivity contribution in [1.29, 1.82) is 0 Å². The highest BCUT2D eigenvalue weighted by molar-refractivity contribution is 7.12. The van der Waals surface area contributed by atoms with Crippen molar-refractivity contribution in [2.24, 2.45) is 5.73 Å². The van der Waals surface area contributed by atoms with E-state index in [4.69, 9.17) is 17.3 Å². The number of hydrogen-bond donors (Lipinski definition) is 1. The van der Waals surface area contributed by atoms with Crippen LogP contribution in [0.5, 0.6) is 0 Å². The van der Waals surface area contributed by atoms with Crippen LogP contribution in [0.15, 0.2) is 6.07 Å². The fourth-order valence-electron chi connectivity index (χ4n) is 0.618. The first-order valence-corrected chi connectivity index (χ1v) is 3.88. The molecule has 0 aliphatic carbocycles. The third-order valence-corrected chi connectivity index (χ3v) is 2.69. The van der Waals surface area contributed by atoms with Crippen molar-refractivity contribution in [2.75, 3.05) is 0 Å². The van der Waals surface area contributed by atoms with Crippen LogP contribution in [0, 0.1) is 6.92 Å². The first kappa shape index (κ1) is 7.06. The largest absolute Gasteiger partial charge is 0.326 e. The molecule has 0 saturated heterocycles. The van der Waals surface area contributed by atoms with E-state index in [0.29, 0.717) is 6.54 Å². The van der Waals surface area contributed by atoms with Crippen LogP contribution in [-0.2, 0) is 6.54 Å². The maximum absolute atomic E-state index is 5.76. The van der Waals surface area contributed by atoms with Crippen molar-refractivity contribution in [3.8, 4) is 0 Å². The normalized spacial score (nSPS) is 10.1. The van der Waals surface area contributed by atoms with Gasteiger partial charge in [0.25, 0.3) is 0 Å². The van der Waals surface area contributed by atoms with Gasteiger partial charge in [-0.3, -0.25) is 0 Å². The van der Waals surface area contributed by atoms with Gasteiger partial charge in [0, 0.05) is 16.3 Å². The van der Waals surface area contributed by atoms with E-state index in [2.05, 4.69) is 0 Å². The van der Waals surface area contributed by atoms with Crippen molar-refractivity contribution in [2.45, 2.75) is 13.5 Å². The van der Waals surface area contributed by atoms with Gasteiger partial charge >= 0.3 is 0 Å². The highest BCUT2D eigenvalue weighted by atomic mass is 35.5. The number of hydrogen-bond acceptors (Lipinski definition) is 2. The fourth-order valence-corrected chi connectivity index (χ4v) is 1.74. The average molecular weight is 162 g/mol. The molecule has 0 radical (unpaired) electrons. The van der Waals surface area contributed by atoms with Crippen LogP contribution in [-0.4, -0.2) is 0 Å². The minimum atomic E-state index is 0.595. The Morgan fingerprint density at radius 1 is 1.78 bits per heavy atom. The van der Waals surface area contributed by atoms with E-state index in [1.165, 1.54) is 0 Å². The molecular formula is C6H8ClNS. The van der Waals surface area contributed by atoms with Gasteiger partial charge in [0.05, 0.1) is 5.02 Å². The zero-order valence-corrected chi connectivity index (χ0v) is 6.72. The van der Waals surface area contributed by atoms with Crippen molar-refractivity contribution >= 4 is 22.9 Å². The molecule has 0 atom stereocenters. The van der Waals surface area contributed by atoms with Crippen LogP contribution in [0.3, 0.4) is 0 Å². The summed E-state index contributed by atoms with van der Waals surface area (Å²) in [5.74, 6) is 0. The highest BCUT2D eigenvalue weighted by Gasteiger charge is 1.99. The van der Waals surface area contributed by atoms with Crippen molar-refractivity contribution in [3.63, 3.8) is 0 Å². The Morgan fingerprint density at radius 3 is 2.67 bits per heavy atom. The molecule has 1 nitrogen and oxygen atoms in total. The summed E-state index contributed by atoms with van der Waals surface area (Å²) in [7, 11) is 0. The van der Waals surface area contributed by atoms with Gasteiger partial charge in [-0.1, -0.05) is 11.6 Å². The lowest BCUT2D eigenvalue weighted by Gasteiger charge is -1.80. The molecule has 0 aromatic carbocycles. The minimum absolute atomic E-state index is 0.595. The van der Waals surface area contributed by atoms with Crippen molar-refractivity contribution in [3.05, 3.63) is 20.8 Å². The quantitative estimate of drug-likeness (QED) is 0.672. The van der Waals surface area contributed by atoms with E-state index >= 15 is 0 Å². The lowest BCUT2D eigenvalue weighted by molar-refractivity contribution is 1.11. The van der Waals surface area contributed by atoms with Crippen LogP contribution in [0.25, 0.3) is 0 Å². The van der Waals surface area contributed by atoms with Gasteiger partial charge in [0.15, 0.2) is 0 Å². The zero-order valence-electron chi connectivity index (χ0n) is 5.15. The summed E-state index contributed by atoms with van der Waals surface area (Å²) in [6.07, 6.45) is 0. The SMILES string of the molecule is Cc1sc(CN)cc1Cl. The summed E-state index contributed by atoms with van der Waals surface area (Å²) < 4.78 is 0. The van der Waals surface area contributed by atoms with E-state index in [-0.39, 0.29) is 0 Å². The molecule has 0 bridgehead atoms. The molecule has 50 valence electrons. The van der Waals surface area contributed by atoms with Gasteiger partial charge in [-0.25, -0.2) is 0 Å². The molecule has 1 rings (SSSR count). The molecule has 1 aromatic rings. The molecule has 1 heterocycles. The number of rotatable bonds is 1. The van der Waals surface area contributed by atoms with Crippen molar-refractivity contribution in [1.82, 2.24) is 0 Å². The summed E-state index contributed by atoms with van der Waals surface area (Å²) in [6.45, 7) is 2.59. The Balaban J connectivity index is 2.98. The topological polar surface area (TPSA) is 26.0 Å². The van der Waals surface area contributed by atoms with Crippen LogP contribution in [0.2, 0.25) is 5.02 Å². The molecule has 0 unspecified atom stereocenters. The molecule has 2 N–H and O–H groups in total. The maximum atomic E-state index is 5.76. The highest BCUT2D eigenvalue weighted by Crippen LogP contribution is 2.24. The standard InChI is InChI=1S/C6H8ClNS/c1-4-6(7)2-5(3-8)9-4/h2H,3,8H2,1H3. The van der Waals surface area contributed by atoms with E-state index in [9.17, 15) is 0 Å². The first-order valence-electron chi connectivity index (χ1n) is 2.69. The Morgan fingerprint density at radius 2 is 2.44 bits per heavy atom. The molecule has 0 saturated carbocycles. The Hall–Kier alpha value is -0.0500. The molecule has 0 aliphatic heterocycles. The maximum Gasteiger partial charge on any atom is 0.0545 e. The molecule has 0 fully saturated rings. The second-order valence-corrected chi connectivity index (χ2v) is 3.57. The summed E-state index contributed by atoms with van der Waals surface area (Å²) in [6, 6.07) is 1.92.